The summed E-state index contributed by atoms with van der Waals surface area (Å²) in [7, 11) is 0. The molecule has 1 atom stereocenters. The van der Waals surface area contributed by atoms with Gasteiger partial charge in [-0.2, -0.15) is 5.26 Å². The lowest BCUT2D eigenvalue weighted by atomic mass is 9.90. The first-order valence-corrected chi connectivity index (χ1v) is 8.49. The van der Waals surface area contributed by atoms with E-state index >= 15 is 0 Å². The van der Waals surface area contributed by atoms with Gasteiger partial charge in [0.05, 0.1) is 33.1 Å². The summed E-state index contributed by atoms with van der Waals surface area (Å²) in [5.74, 6) is 0.717. The highest BCUT2D eigenvalue weighted by molar-refractivity contribution is 14.1. The summed E-state index contributed by atoms with van der Waals surface area (Å²) in [4.78, 5) is 0. The number of nitriles is 1. The van der Waals surface area contributed by atoms with E-state index in [1.165, 1.54) is 12.8 Å². The van der Waals surface area contributed by atoms with E-state index < -0.39 is 0 Å². The van der Waals surface area contributed by atoms with Crippen molar-refractivity contribution in [3.8, 4) is 11.8 Å². The molecular formula is C16H19IN2O2. The smallest absolute Gasteiger partial charge is 0.155 e. The van der Waals surface area contributed by atoms with Crippen LogP contribution in [0.15, 0.2) is 12.1 Å². The molecule has 1 aliphatic carbocycles. The predicted molar refractivity (Wildman–Crippen MR) is 89.1 cm³/mol. The van der Waals surface area contributed by atoms with Crippen LogP contribution < -0.4 is 10.5 Å². The molecular weight excluding hydrogens is 379 g/mol. The zero-order chi connectivity index (χ0) is 14.9. The van der Waals surface area contributed by atoms with Gasteiger partial charge >= 0.3 is 0 Å². The van der Waals surface area contributed by atoms with E-state index in [1.54, 1.807) is 6.07 Å². The Morgan fingerprint density at radius 1 is 1.38 bits per heavy atom. The third-order valence-electron chi connectivity index (χ3n) is 4.45. The average molecular weight is 398 g/mol. The summed E-state index contributed by atoms with van der Waals surface area (Å²) in [5.41, 5.74) is 7.20. The van der Waals surface area contributed by atoms with E-state index in [2.05, 4.69) is 28.7 Å². The Bertz CT molecular complexity index is 553. The van der Waals surface area contributed by atoms with E-state index in [1.807, 2.05) is 6.07 Å². The Morgan fingerprint density at radius 2 is 2.14 bits per heavy atom. The van der Waals surface area contributed by atoms with Gasteiger partial charge in [-0.3, -0.25) is 0 Å². The molecule has 2 aliphatic rings. The Labute approximate surface area is 138 Å². The van der Waals surface area contributed by atoms with Crippen LogP contribution in [-0.4, -0.2) is 18.3 Å². The molecule has 0 bridgehead atoms. The second kappa shape index (κ2) is 6.01. The number of nitrogens with zero attached hydrogens (tertiary/aromatic N) is 1. The highest BCUT2D eigenvalue weighted by atomic mass is 127. The van der Waals surface area contributed by atoms with Gasteiger partial charge in [0.2, 0.25) is 0 Å². The predicted octanol–water partition coefficient (Wildman–Crippen LogP) is 3.62. The van der Waals surface area contributed by atoms with Crippen molar-refractivity contribution in [1.29, 1.82) is 5.26 Å². The van der Waals surface area contributed by atoms with Crippen LogP contribution in [0.4, 0.5) is 5.69 Å². The zero-order valence-corrected chi connectivity index (χ0v) is 14.1. The van der Waals surface area contributed by atoms with Crippen molar-refractivity contribution in [2.75, 3.05) is 12.3 Å². The molecule has 1 spiro atoms. The van der Waals surface area contributed by atoms with Gasteiger partial charge in [0.15, 0.2) is 5.75 Å². The van der Waals surface area contributed by atoms with E-state index in [9.17, 15) is 0 Å². The third-order valence-corrected chi connectivity index (χ3v) is 5.25. The minimum Gasteiger partial charge on any atom is -0.487 e. The zero-order valence-electron chi connectivity index (χ0n) is 11.9. The fraction of sp³-hybridized carbons (Fsp3) is 0.562. The van der Waals surface area contributed by atoms with Crippen molar-refractivity contribution in [3.05, 3.63) is 21.3 Å². The van der Waals surface area contributed by atoms with Crippen molar-refractivity contribution in [3.63, 3.8) is 0 Å². The van der Waals surface area contributed by atoms with Gasteiger partial charge in [0.25, 0.3) is 0 Å². The molecule has 1 heterocycles. The van der Waals surface area contributed by atoms with Crippen LogP contribution in [0.3, 0.4) is 0 Å². The molecule has 1 saturated heterocycles. The monoisotopic (exact) mass is 398 g/mol. The molecule has 1 aliphatic heterocycles. The lowest BCUT2D eigenvalue weighted by Gasteiger charge is -2.38. The molecule has 112 valence electrons. The van der Waals surface area contributed by atoms with Crippen LogP contribution in [0.2, 0.25) is 0 Å². The normalized spacial score (nSPS) is 23.9. The van der Waals surface area contributed by atoms with Crippen LogP contribution in [0.5, 0.6) is 5.75 Å². The van der Waals surface area contributed by atoms with Crippen LogP contribution in [-0.2, 0) is 4.74 Å². The number of halogens is 1. The standard InChI is InChI=1S/C16H19IN2O2/c17-13-7-11(10-18)8-14(19)15(13)21-12-3-6-20-16(9-12)4-1-2-5-16/h7-8,12H,1-6,9,19H2. The molecule has 0 aromatic heterocycles. The van der Waals surface area contributed by atoms with E-state index in [-0.39, 0.29) is 11.7 Å². The Hall–Kier alpha value is -1.00. The first-order chi connectivity index (χ1) is 10.1. The second-order valence-electron chi connectivity index (χ2n) is 5.96. The lowest BCUT2D eigenvalue weighted by Crippen LogP contribution is -2.41. The molecule has 1 aromatic rings. The SMILES string of the molecule is N#Cc1cc(N)c(OC2CCOC3(CCCC3)C2)c(I)c1. The fourth-order valence-corrected chi connectivity index (χ4v) is 4.20. The summed E-state index contributed by atoms with van der Waals surface area (Å²) in [6.07, 6.45) is 6.80. The van der Waals surface area contributed by atoms with Gasteiger partial charge in [-0.15, -0.1) is 0 Å². The van der Waals surface area contributed by atoms with Gasteiger partial charge in [0.1, 0.15) is 6.10 Å². The average Bonchev–Trinajstić information content (AvgIpc) is 2.90. The maximum absolute atomic E-state index is 8.97. The third kappa shape index (κ3) is 3.11. The number of anilines is 1. The van der Waals surface area contributed by atoms with Gasteiger partial charge in [-0.05, 0) is 47.6 Å². The van der Waals surface area contributed by atoms with Crippen molar-refractivity contribution < 1.29 is 9.47 Å². The Balaban J connectivity index is 1.76. The first kappa shape index (κ1) is 14.9. The summed E-state index contributed by atoms with van der Waals surface area (Å²) in [6, 6.07) is 5.62. The molecule has 5 heteroatoms. The van der Waals surface area contributed by atoms with E-state index in [0.717, 1.165) is 41.6 Å². The van der Waals surface area contributed by atoms with Gasteiger partial charge in [0, 0.05) is 12.8 Å². The lowest BCUT2D eigenvalue weighted by molar-refractivity contribution is -0.108. The maximum atomic E-state index is 8.97. The number of nitrogen functional groups attached to an aromatic ring is 1. The van der Waals surface area contributed by atoms with Gasteiger partial charge < -0.3 is 15.2 Å². The van der Waals surface area contributed by atoms with Crippen molar-refractivity contribution in [2.24, 2.45) is 0 Å². The van der Waals surface area contributed by atoms with Gasteiger partial charge in [-0.1, -0.05) is 12.8 Å². The topological polar surface area (TPSA) is 68.3 Å². The van der Waals surface area contributed by atoms with Crippen LogP contribution in [0, 0.1) is 14.9 Å². The van der Waals surface area contributed by atoms with Gasteiger partial charge in [-0.25, -0.2) is 0 Å². The number of hydrogen-bond acceptors (Lipinski definition) is 4. The molecule has 1 aromatic carbocycles. The summed E-state index contributed by atoms with van der Waals surface area (Å²) < 4.78 is 13.1. The highest BCUT2D eigenvalue weighted by Crippen LogP contribution is 2.42. The number of ether oxygens (including phenoxy) is 2. The largest absolute Gasteiger partial charge is 0.487 e. The molecule has 21 heavy (non-hydrogen) atoms. The molecule has 4 nitrogen and oxygen atoms in total. The van der Waals surface area contributed by atoms with Crippen LogP contribution >= 0.6 is 22.6 Å². The van der Waals surface area contributed by atoms with E-state index in [4.69, 9.17) is 20.5 Å². The highest BCUT2D eigenvalue weighted by Gasteiger charge is 2.40. The second-order valence-corrected chi connectivity index (χ2v) is 7.12. The Kier molecular flexibility index (Phi) is 4.27. The number of nitrogens with two attached hydrogens (primary N) is 1. The molecule has 1 saturated carbocycles. The minimum absolute atomic E-state index is 0.0374. The van der Waals surface area contributed by atoms with E-state index in [0.29, 0.717) is 11.3 Å². The molecule has 2 fully saturated rings. The van der Waals surface area contributed by atoms with Crippen LogP contribution in [0.1, 0.15) is 44.1 Å². The quantitative estimate of drug-likeness (QED) is 0.611. The molecule has 0 amide bonds. The number of benzene rings is 1. The molecule has 0 radical (unpaired) electrons. The summed E-state index contributed by atoms with van der Waals surface area (Å²) in [5, 5.41) is 8.97. The van der Waals surface area contributed by atoms with Crippen molar-refractivity contribution >= 4 is 28.3 Å². The van der Waals surface area contributed by atoms with Crippen molar-refractivity contribution in [1.82, 2.24) is 0 Å². The molecule has 3 rings (SSSR count). The van der Waals surface area contributed by atoms with Crippen molar-refractivity contribution in [2.45, 2.75) is 50.2 Å². The fourth-order valence-electron chi connectivity index (χ4n) is 3.42. The Morgan fingerprint density at radius 3 is 2.81 bits per heavy atom. The summed E-state index contributed by atoms with van der Waals surface area (Å²) >= 11 is 2.18. The summed E-state index contributed by atoms with van der Waals surface area (Å²) in [6.45, 7) is 0.761. The molecule has 1 unspecified atom stereocenters. The number of hydrogen-bond donors (Lipinski definition) is 1. The first-order valence-electron chi connectivity index (χ1n) is 7.42. The van der Waals surface area contributed by atoms with Crippen LogP contribution in [0.25, 0.3) is 0 Å². The minimum atomic E-state index is 0.0374. The molecule has 2 N–H and O–H groups in total. The maximum Gasteiger partial charge on any atom is 0.155 e. The number of rotatable bonds is 2.